The molecule has 0 aliphatic rings. The van der Waals surface area contributed by atoms with Gasteiger partial charge in [-0.25, -0.2) is 4.39 Å². The van der Waals surface area contributed by atoms with E-state index in [-0.39, 0.29) is 6.61 Å². The molecule has 0 rings (SSSR count). The minimum Gasteiger partial charge on any atom is -0.396 e. The van der Waals surface area contributed by atoms with Crippen molar-refractivity contribution in [2.24, 2.45) is 0 Å². The zero-order valence-electron chi connectivity index (χ0n) is 5.64. The van der Waals surface area contributed by atoms with Gasteiger partial charge in [0.25, 0.3) is 0 Å². The largest absolute Gasteiger partial charge is 0.396 e. The quantitative estimate of drug-likeness (QED) is 0.602. The summed E-state index contributed by atoms with van der Waals surface area (Å²) in [5, 5.41) is 8.32. The maximum absolute atomic E-state index is 12.1. The molecule has 0 saturated heterocycles. The molecule has 0 aromatic heterocycles. The zero-order valence-corrected chi connectivity index (χ0v) is 6.46. The fraction of sp³-hybridized carbons (Fsp3) is 1.00. The highest BCUT2D eigenvalue weighted by Gasteiger charge is 1.95. The second kappa shape index (κ2) is 6.36. The average Bonchev–Trinajstić information content (AvgIpc) is 1.80. The van der Waals surface area contributed by atoms with Gasteiger partial charge in [0, 0.05) is 5.75 Å². The second-order valence-corrected chi connectivity index (χ2v) is 3.13. The number of rotatable bonds is 5. The van der Waals surface area contributed by atoms with E-state index < -0.39 is 6.17 Å². The van der Waals surface area contributed by atoms with Gasteiger partial charge in [0.05, 0.1) is 12.8 Å². The van der Waals surface area contributed by atoms with Crippen LogP contribution >= 0.6 is 11.8 Å². The van der Waals surface area contributed by atoms with E-state index in [1.807, 2.05) is 0 Å². The molecule has 1 nitrogen and oxygen atoms in total. The summed E-state index contributed by atoms with van der Waals surface area (Å²) in [6.07, 6.45) is -0.0961. The Bertz CT molecular complexity index is 59.0. The lowest BCUT2D eigenvalue weighted by Gasteiger charge is -1.98. The maximum atomic E-state index is 12.1. The third kappa shape index (κ3) is 8.24. The van der Waals surface area contributed by atoms with Crippen LogP contribution in [0.3, 0.4) is 0 Å². The smallest absolute Gasteiger partial charge is 0.0981 e. The van der Waals surface area contributed by atoms with Crippen LogP contribution in [-0.2, 0) is 0 Å². The Labute approximate surface area is 59.6 Å². The van der Waals surface area contributed by atoms with Gasteiger partial charge in [-0.2, -0.15) is 11.8 Å². The predicted molar refractivity (Wildman–Crippen MR) is 39.6 cm³/mol. The monoisotopic (exact) mass is 152 g/mol. The fourth-order valence-corrected chi connectivity index (χ4v) is 1.24. The average molecular weight is 152 g/mol. The van der Waals surface area contributed by atoms with Crippen molar-refractivity contribution in [1.29, 1.82) is 0 Å². The number of hydrogen-bond donors (Lipinski definition) is 1. The third-order valence-electron chi connectivity index (χ3n) is 0.896. The van der Waals surface area contributed by atoms with E-state index in [4.69, 9.17) is 5.11 Å². The first kappa shape index (κ1) is 9.24. The lowest BCUT2D eigenvalue weighted by atomic mass is 10.3. The molecule has 0 radical (unpaired) electrons. The summed E-state index contributed by atoms with van der Waals surface area (Å²) in [5.74, 6) is 1.55. The van der Waals surface area contributed by atoms with Crippen molar-refractivity contribution < 1.29 is 9.50 Å². The highest BCUT2D eigenvalue weighted by atomic mass is 32.2. The molecule has 0 aromatic carbocycles. The number of aliphatic hydroxyl groups is 1. The van der Waals surface area contributed by atoms with Crippen molar-refractivity contribution in [3.63, 3.8) is 0 Å². The summed E-state index contributed by atoms with van der Waals surface area (Å²) >= 11 is 1.59. The lowest BCUT2D eigenvalue weighted by molar-refractivity contribution is 0.322. The zero-order chi connectivity index (χ0) is 7.11. The summed E-state index contributed by atoms with van der Waals surface area (Å²) < 4.78 is 12.1. The molecule has 0 aliphatic heterocycles. The van der Waals surface area contributed by atoms with Crippen LogP contribution < -0.4 is 0 Å². The van der Waals surface area contributed by atoms with E-state index in [9.17, 15) is 4.39 Å². The SMILES string of the molecule is CC(F)CCSCCO. The Morgan fingerprint density at radius 2 is 2.22 bits per heavy atom. The Balaban J connectivity index is 2.75. The second-order valence-electron chi connectivity index (χ2n) is 1.91. The van der Waals surface area contributed by atoms with Gasteiger partial charge in [-0.1, -0.05) is 0 Å². The van der Waals surface area contributed by atoms with E-state index in [1.54, 1.807) is 18.7 Å². The number of halogens is 1. The van der Waals surface area contributed by atoms with Crippen molar-refractivity contribution in [2.75, 3.05) is 18.1 Å². The summed E-state index contributed by atoms with van der Waals surface area (Å²) in [5.41, 5.74) is 0. The highest BCUT2D eigenvalue weighted by Crippen LogP contribution is 2.05. The van der Waals surface area contributed by atoms with Crippen LogP contribution in [0.1, 0.15) is 13.3 Å². The van der Waals surface area contributed by atoms with Crippen LogP contribution in [0.4, 0.5) is 4.39 Å². The standard InChI is InChI=1S/C6H13FOS/c1-6(7)2-4-9-5-3-8/h6,8H,2-5H2,1H3. The van der Waals surface area contributed by atoms with Crippen molar-refractivity contribution in [3.8, 4) is 0 Å². The van der Waals surface area contributed by atoms with Crippen molar-refractivity contribution in [1.82, 2.24) is 0 Å². The molecule has 0 bridgehead atoms. The van der Waals surface area contributed by atoms with Crippen LogP contribution in [0.15, 0.2) is 0 Å². The summed E-state index contributed by atoms with van der Waals surface area (Å²) in [7, 11) is 0. The van der Waals surface area contributed by atoms with Crippen molar-refractivity contribution in [2.45, 2.75) is 19.5 Å². The minimum atomic E-state index is -0.698. The van der Waals surface area contributed by atoms with Crippen molar-refractivity contribution >= 4 is 11.8 Å². The molecule has 0 amide bonds. The fourth-order valence-electron chi connectivity index (χ4n) is 0.412. The van der Waals surface area contributed by atoms with E-state index in [2.05, 4.69) is 0 Å². The van der Waals surface area contributed by atoms with Gasteiger partial charge in [0.2, 0.25) is 0 Å². The first-order chi connectivity index (χ1) is 4.27. The molecule has 1 atom stereocenters. The number of aliphatic hydroxyl groups excluding tert-OH is 1. The lowest BCUT2D eigenvalue weighted by Crippen LogP contribution is -1.96. The van der Waals surface area contributed by atoms with Crippen molar-refractivity contribution in [3.05, 3.63) is 0 Å². The normalized spacial score (nSPS) is 13.7. The molecule has 56 valence electrons. The molecule has 0 aromatic rings. The van der Waals surface area contributed by atoms with E-state index in [1.165, 1.54) is 0 Å². The predicted octanol–water partition coefficient (Wildman–Crippen LogP) is 1.46. The summed E-state index contributed by atoms with van der Waals surface area (Å²) in [6.45, 7) is 1.75. The number of alkyl halides is 1. The topological polar surface area (TPSA) is 20.2 Å². The van der Waals surface area contributed by atoms with E-state index in [0.717, 1.165) is 11.5 Å². The summed E-state index contributed by atoms with van der Waals surface area (Å²) in [6, 6.07) is 0. The van der Waals surface area contributed by atoms with Gasteiger partial charge < -0.3 is 5.11 Å². The first-order valence-corrected chi connectivity index (χ1v) is 4.25. The van der Waals surface area contributed by atoms with Crippen LogP contribution in [0.5, 0.6) is 0 Å². The van der Waals surface area contributed by atoms with Gasteiger partial charge in [0.1, 0.15) is 0 Å². The van der Waals surface area contributed by atoms with Crippen LogP contribution in [0.2, 0.25) is 0 Å². The molecule has 0 saturated carbocycles. The maximum Gasteiger partial charge on any atom is 0.0981 e. The Morgan fingerprint density at radius 3 is 2.67 bits per heavy atom. The molecule has 3 heteroatoms. The molecular formula is C6H13FOS. The number of thioether (sulfide) groups is 1. The van der Waals surface area contributed by atoms with Gasteiger partial charge in [0.15, 0.2) is 0 Å². The minimum absolute atomic E-state index is 0.200. The van der Waals surface area contributed by atoms with Gasteiger partial charge in [-0.3, -0.25) is 0 Å². The third-order valence-corrected chi connectivity index (χ3v) is 1.89. The van der Waals surface area contributed by atoms with E-state index in [0.29, 0.717) is 6.42 Å². The molecule has 9 heavy (non-hydrogen) atoms. The molecule has 0 aliphatic carbocycles. The van der Waals surface area contributed by atoms with Crippen LogP contribution in [0.25, 0.3) is 0 Å². The highest BCUT2D eigenvalue weighted by molar-refractivity contribution is 7.99. The molecule has 0 fully saturated rings. The Morgan fingerprint density at radius 1 is 1.56 bits per heavy atom. The summed E-state index contributed by atoms with van der Waals surface area (Å²) in [4.78, 5) is 0. The first-order valence-electron chi connectivity index (χ1n) is 3.10. The van der Waals surface area contributed by atoms with Gasteiger partial charge >= 0.3 is 0 Å². The molecular weight excluding hydrogens is 139 g/mol. The van der Waals surface area contributed by atoms with Gasteiger partial charge in [-0.05, 0) is 19.1 Å². The molecule has 1 unspecified atom stereocenters. The van der Waals surface area contributed by atoms with Gasteiger partial charge in [-0.15, -0.1) is 0 Å². The molecule has 0 spiro atoms. The van der Waals surface area contributed by atoms with E-state index >= 15 is 0 Å². The molecule has 0 heterocycles. The number of hydrogen-bond acceptors (Lipinski definition) is 2. The van der Waals surface area contributed by atoms with Crippen LogP contribution in [0, 0.1) is 0 Å². The Kier molecular flexibility index (Phi) is 6.53. The Hall–Kier alpha value is 0.240. The molecule has 1 N–H and O–H groups in total. The van der Waals surface area contributed by atoms with Crippen LogP contribution in [-0.4, -0.2) is 29.4 Å².